The Labute approximate surface area is 368 Å². The summed E-state index contributed by atoms with van der Waals surface area (Å²) in [7, 11) is 8.04. The summed E-state index contributed by atoms with van der Waals surface area (Å²) in [5, 5.41) is 25.6. The third-order valence-corrected chi connectivity index (χ3v) is 13.0. The quantitative estimate of drug-likeness (QED) is 0.107. The Morgan fingerprint density at radius 1 is 0.903 bits per heavy atom. The van der Waals surface area contributed by atoms with Crippen LogP contribution in [-0.4, -0.2) is 61.1 Å². The van der Waals surface area contributed by atoms with Gasteiger partial charge in [0.2, 0.25) is 5.95 Å². The van der Waals surface area contributed by atoms with Gasteiger partial charge in [0.25, 0.3) is 0 Å². The zero-order valence-electron chi connectivity index (χ0n) is 37.1. The maximum absolute atomic E-state index is 12.3. The van der Waals surface area contributed by atoms with Crippen molar-refractivity contribution in [3.8, 4) is 23.1 Å². The van der Waals surface area contributed by atoms with Crippen LogP contribution >= 0.6 is 0 Å². The predicted molar refractivity (Wildman–Crippen MR) is 270 cm³/mol. The Bertz CT molecular complexity index is 3060. The number of hydrogen-bond acceptors (Lipinski definition) is 6. The molecule has 4 aromatic carbocycles. The van der Waals surface area contributed by atoms with Gasteiger partial charge in [0.1, 0.15) is 37.1 Å². The lowest BCUT2D eigenvalue weighted by molar-refractivity contribution is 0.393. The minimum absolute atomic E-state index is 0.182. The van der Waals surface area contributed by atoms with Crippen LogP contribution in [0.4, 0.5) is 5.69 Å². The molecule has 0 amide bonds. The molecule has 0 radical (unpaired) electrons. The second-order valence-electron chi connectivity index (χ2n) is 17.9. The van der Waals surface area contributed by atoms with E-state index in [1.54, 1.807) is 0 Å². The molecule has 2 aliphatic carbocycles. The Morgan fingerprint density at radius 2 is 1.66 bits per heavy atom. The molecular weight excluding hydrogens is 758 g/mol. The number of benzene rings is 4. The highest BCUT2D eigenvalue weighted by Crippen LogP contribution is 2.54. The highest BCUT2D eigenvalue weighted by atomic mass is 16.3. The number of aromatic hydroxyl groups is 1. The van der Waals surface area contributed by atoms with E-state index in [0.717, 1.165) is 74.3 Å². The summed E-state index contributed by atoms with van der Waals surface area (Å²) in [5.74, 6) is 1.98. The SMILES string of the molecule is BC(/C=C(\C(=C)c1nc(-c2ccccc2)nc(-n2c3ccccc3c3ccc4c(c32)N(C2=CCCC=C2)C2=CC=CCC24)n1)c1c(O)c(B)c(B)c(B)c1C(C)(C)C)=C(\O)CC. The van der Waals surface area contributed by atoms with Crippen LogP contribution in [-0.2, 0) is 5.41 Å². The second-order valence-corrected chi connectivity index (χ2v) is 17.9. The number of rotatable bonds is 8. The van der Waals surface area contributed by atoms with Crippen molar-refractivity contribution in [3.05, 3.63) is 161 Å². The van der Waals surface area contributed by atoms with E-state index in [-0.39, 0.29) is 22.8 Å². The van der Waals surface area contributed by atoms with Gasteiger partial charge in [0, 0.05) is 51.2 Å². The largest absolute Gasteiger partial charge is 0.513 e. The number of nitrogens with zero attached hydrogens (tertiary/aromatic N) is 5. The number of aliphatic hydroxyl groups excluding tert-OH is 1. The molecule has 0 saturated heterocycles. The van der Waals surface area contributed by atoms with E-state index < -0.39 is 0 Å². The number of hydrogen-bond donors (Lipinski definition) is 2. The van der Waals surface area contributed by atoms with Crippen LogP contribution in [0.15, 0.2) is 138 Å². The molecule has 6 aromatic rings. The first-order valence-electron chi connectivity index (χ1n) is 21.8. The van der Waals surface area contributed by atoms with Crippen LogP contribution in [0.3, 0.4) is 0 Å². The lowest BCUT2D eigenvalue weighted by Crippen LogP contribution is -2.44. The molecule has 2 aromatic heterocycles. The number of aliphatic hydroxyl groups is 1. The third-order valence-electron chi connectivity index (χ3n) is 13.0. The summed E-state index contributed by atoms with van der Waals surface area (Å²) < 4.78 is 2.22. The van der Waals surface area contributed by atoms with Crippen LogP contribution in [0.25, 0.3) is 50.3 Å². The molecule has 0 bridgehead atoms. The lowest BCUT2D eigenvalue weighted by Gasteiger charge is -2.31. The normalized spacial score (nSPS) is 16.6. The fraction of sp³-hybridized carbons (Fsp3) is 0.196. The van der Waals surface area contributed by atoms with Crippen molar-refractivity contribution in [3.63, 3.8) is 0 Å². The number of phenols is 1. The number of fused-ring (bicyclic) bond motifs is 7. The van der Waals surface area contributed by atoms with Crippen LogP contribution in [0.2, 0.25) is 0 Å². The summed E-state index contributed by atoms with van der Waals surface area (Å²) in [6.07, 6.45) is 18.9. The summed E-state index contributed by atoms with van der Waals surface area (Å²) >= 11 is 0. The minimum atomic E-state index is -0.362. The fourth-order valence-corrected chi connectivity index (χ4v) is 9.75. The van der Waals surface area contributed by atoms with Crippen molar-refractivity contribution in [1.29, 1.82) is 0 Å². The first-order valence-corrected chi connectivity index (χ1v) is 21.8. The maximum atomic E-state index is 12.3. The topological polar surface area (TPSA) is 87.3 Å². The van der Waals surface area contributed by atoms with E-state index in [0.29, 0.717) is 46.2 Å². The smallest absolute Gasteiger partial charge is 0.238 e. The summed E-state index contributed by atoms with van der Waals surface area (Å²) in [4.78, 5) is 18.4. The summed E-state index contributed by atoms with van der Waals surface area (Å²) in [6.45, 7) is 13.2. The van der Waals surface area contributed by atoms with Gasteiger partial charge >= 0.3 is 0 Å². The monoisotopic (exact) mass is 809 g/mol. The molecule has 1 atom stereocenters. The Hall–Kier alpha value is -6.47. The van der Waals surface area contributed by atoms with Gasteiger partial charge in [-0.15, -0.1) is 0 Å². The maximum Gasteiger partial charge on any atom is 0.238 e. The molecule has 1 aliphatic heterocycles. The number of aromatic nitrogens is 4. The Morgan fingerprint density at radius 3 is 2.39 bits per heavy atom. The standard InChI is InChI=1S/C51H51B4N5O2/c1-6-39(61)36(52)27-35(40-41(51(3,4)5)42(53)43(54)44(55)47(40)62)28(2)48-56-49(29-17-9-7-10-18-29)58-50(57-48)60-38-24-16-14-22-32(38)34-26-25-33-31-21-13-15-23-37(31)59(45(33)46(34)60)30-19-11-8-12-20-30/h7,9-11,13-20,22-27,31,61-62H,2,6,8,12,21,52-55H2,1,3-5H3/b35-27+,39-36-. The Kier molecular flexibility index (Phi) is 10.4. The molecule has 7 nitrogen and oxygen atoms in total. The molecule has 3 heterocycles. The van der Waals surface area contributed by atoms with Crippen molar-refractivity contribution in [2.75, 3.05) is 4.90 Å². The highest BCUT2D eigenvalue weighted by molar-refractivity contribution is 6.59. The van der Waals surface area contributed by atoms with E-state index in [1.165, 1.54) is 17.0 Å². The number of allylic oxidation sites excluding steroid dienone is 12. The van der Waals surface area contributed by atoms with Gasteiger partial charge in [0.05, 0.1) is 22.5 Å². The van der Waals surface area contributed by atoms with Gasteiger partial charge in [-0.3, -0.25) is 4.57 Å². The van der Waals surface area contributed by atoms with E-state index >= 15 is 0 Å². The Balaban J connectivity index is 1.37. The van der Waals surface area contributed by atoms with Crippen LogP contribution in [0.1, 0.15) is 81.8 Å². The fourth-order valence-electron chi connectivity index (χ4n) is 9.75. The van der Waals surface area contributed by atoms with E-state index in [2.05, 4.69) is 119 Å². The van der Waals surface area contributed by atoms with E-state index in [9.17, 15) is 10.2 Å². The number of phenolic OH excluding ortho intramolecular Hbond substituents is 1. The van der Waals surface area contributed by atoms with Gasteiger partial charge in [-0.25, -0.2) is 4.98 Å². The molecule has 304 valence electrons. The van der Waals surface area contributed by atoms with Crippen LogP contribution in [0.5, 0.6) is 5.75 Å². The average molecular weight is 809 g/mol. The third kappa shape index (κ3) is 6.70. The summed E-state index contributed by atoms with van der Waals surface area (Å²) in [6, 6.07) is 23.1. The first-order chi connectivity index (χ1) is 29.8. The molecule has 11 heteroatoms. The molecule has 2 N–H and O–H groups in total. The minimum Gasteiger partial charge on any atom is -0.513 e. The first kappa shape index (κ1) is 40.9. The van der Waals surface area contributed by atoms with Crippen LogP contribution < -0.4 is 21.3 Å². The highest BCUT2D eigenvalue weighted by Gasteiger charge is 2.39. The molecule has 0 fully saturated rings. The molecule has 1 unspecified atom stereocenters. The van der Waals surface area contributed by atoms with Crippen LogP contribution in [0, 0.1) is 0 Å². The number of para-hydroxylation sites is 1. The van der Waals surface area contributed by atoms with Gasteiger partial charge in [0.15, 0.2) is 11.6 Å². The zero-order valence-corrected chi connectivity index (χ0v) is 37.1. The van der Waals surface area contributed by atoms with Crippen molar-refractivity contribution in [1.82, 2.24) is 19.5 Å². The average Bonchev–Trinajstić information content (AvgIpc) is 3.81. The zero-order chi connectivity index (χ0) is 43.6. The molecule has 0 saturated carbocycles. The predicted octanol–water partition coefficient (Wildman–Crippen LogP) is 6.30. The van der Waals surface area contributed by atoms with E-state index in [4.69, 9.17) is 21.5 Å². The van der Waals surface area contributed by atoms with Crippen molar-refractivity contribution < 1.29 is 10.2 Å². The van der Waals surface area contributed by atoms with Gasteiger partial charge in [-0.2, -0.15) is 9.97 Å². The molecule has 3 aliphatic rings. The van der Waals surface area contributed by atoms with Crippen molar-refractivity contribution >= 4 is 86.4 Å². The molecule has 62 heavy (non-hydrogen) atoms. The lowest BCUT2D eigenvalue weighted by atomic mass is 9.63. The van der Waals surface area contributed by atoms with Gasteiger partial charge in [-0.05, 0) is 59.6 Å². The number of anilines is 1. The summed E-state index contributed by atoms with van der Waals surface area (Å²) in [5.41, 5.74) is 13.8. The molecule has 9 rings (SSSR count). The van der Waals surface area contributed by atoms with Gasteiger partial charge in [-0.1, -0.05) is 147 Å². The van der Waals surface area contributed by atoms with Crippen molar-refractivity contribution in [2.24, 2.45) is 0 Å². The molecule has 0 spiro atoms. The molecular formula is C51H51B4N5O2. The second kappa shape index (κ2) is 15.8. The van der Waals surface area contributed by atoms with Crippen molar-refractivity contribution in [2.45, 2.75) is 64.7 Å². The van der Waals surface area contributed by atoms with E-state index in [1.807, 2.05) is 59.0 Å². The van der Waals surface area contributed by atoms with Gasteiger partial charge < -0.3 is 15.1 Å².